The molecule has 0 radical (unpaired) electrons. The van der Waals surface area contributed by atoms with E-state index in [9.17, 15) is 8.42 Å². The lowest BCUT2D eigenvalue weighted by Crippen LogP contribution is -2.43. The normalized spacial score (nSPS) is 12.4. The van der Waals surface area contributed by atoms with Crippen molar-refractivity contribution in [1.29, 1.82) is 0 Å². The lowest BCUT2D eigenvalue weighted by molar-refractivity contribution is 0.413. The number of rotatable bonds is 7. The largest absolute Gasteiger partial charge is 0.497 e. The summed E-state index contributed by atoms with van der Waals surface area (Å²) in [7, 11) is -2.02. The Morgan fingerprint density at radius 2 is 2.00 bits per heavy atom. The van der Waals surface area contributed by atoms with Gasteiger partial charge in [0.25, 0.3) is 0 Å². The molecule has 0 bridgehead atoms. The van der Waals surface area contributed by atoms with Crippen LogP contribution in [0.1, 0.15) is 32.8 Å². The molecule has 0 unspecified atom stereocenters. The van der Waals surface area contributed by atoms with E-state index >= 15 is 0 Å². The Morgan fingerprint density at radius 3 is 2.50 bits per heavy atom. The van der Waals surface area contributed by atoms with Gasteiger partial charge in [0.1, 0.15) is 5.75 Å². The molecule has 0 atom stereocenters. The van der Waals surface area contributed by atoms with Gasteiger partial charge in [0.2, 0.25) is 10.0 Å². The molecule has 0 aliphatic carbocycles. The third kappa shape index (κ3) is 4.19. The van der Waals surface area contributed by atoms with Crippen LogP contribution in [-0.4, -0.2) is 27.6 Å². The lowest BCUT2D eigenvalue weighted by Gasteiger charge is -2.25. The highest BCUT2D eigenvalue weighted by Gasteiger charge is 2.26. The Balaban J connectivity index is 3.23. The average Bonchev–Trinajstić information content (AvgIpc) is 2.37. The fourth-order valence-corrected chi connectivity index (χ4v) is 3.52. The number of ether oxygens (including phenoxy) is 1. The van der Waals surface area contributed by atoms with E-state index in [1.165, 1.54) is 0 Å². The van der Waals surface area contributed by atoms with Crippen molar-refractivity contribution in [3.05, 3.63) is 23.8 Å². The van der Waals surface area contributed by atoms with Gasteiger partial charge < -0.3 is 10.5 Å². The van der Waals surface area contributed by atoms with Crippen LogP contribution in [0.5, 0.6) is 5.75 Å². The highest BCUT2D eigenvalue weighted by molar-refractivity contribution is 7.89. The van der Waals surface area contributed by atoms with E-state index in [1.807, 2.05) is 20.8 Å². The molecule has 1 aromatic rings. The second-order valence-electron chi connectivity index (χ2n) is 5.36. The first-order valence-corrected chi connectivity index (χ1v) is 8.15. The molecule has 6 heteroatoms. The van der Waals surface area contributed by atoms with Crippen molar-refractivity contribution in [2.45, 2.75) is 44.0 Å². The molecule has 0 amide bonds. The Kier molecular flexibility index (Phi) is 5.56. The van der Waals surface area contributed by atoms with Crippen LogP contribution in [-0.2, 0) is 16.4 Å². The standard InChI is InChI=1S/C14H24N2O3S/c1-5-14(2,3)16-20(17,18)13-7-6-12(19-4)10-11(13)8-9-15/h6-7,10,16H,5,8-9,15H2,1-4H3. The molecule has 0 fully saturated rings. The Labute approximate surface area is 121 Å². The molecular formula is C14H24N2O3S. The Bertz CT molecular complexity index is 554. The lowest BCUT2D eigenvalue weighted by atomic mass is 10.0. The molecule has 20 heavy (non-hydrogen) atoms. The highest BCUT2D eigenvalue weighted by Crippen LogP contribution is 2.24. The zero-order valence-corrected chi connectivity index (χ0v) is 13.4. The molecule has 0 aromatic heterocycles. The minimum atomic E-state index is -3.57. The van der Waals surface area contributed by atoms with Crippen LogP contribution in [0.15, 0.2) is 23.1 Å². The van der Waals surface area contributed by atoms with E-state index in [1.54, 1.807) is 25.3 Å². The van der Waals surface area contributed by atoms with Crippen LogP contribution in [0.3, 0.4) is 0 Å². The van der Waals surface area contributed by atoms with Crippen LogP contribution in [0, 0.1) is 0 Å². The second kappa shape index (κ2) is 6.56. The van der Waals surface area contributed by atoms with E-state index < -0.39 is 15.6 Å². The van der Waals surface area contributed by atoms with E-state index in [4.69, 9.17) is 10.5 Å². The van der Waals surface area contributed by atoms with Crippen LogP contribution in [0.2, 0.25) is 0 Å². The van der Waals surface area contributed by atoms with Gasteiger partial charge in [-0.05, 0) is 57.0 Å². The third-order valence-corrected chi connectivity index (χ3v) is 5.06. The summed E-state index contributed by atoms with van der Waals surface area (Å²) in [6, 6.07) is 4.94. The third-order valence-electron chi connectivity index (χ3n) is 3.27. The minimum Gasteiger partial charge on any atom is -0.497 e. The number of nitrogens with two attached hydrogens (primary N) is 1. The maximum Gasteiger partial charge on any atom is 0.241 e. The van der Waals surface area contributed by atoms with E-state index in [2.05, 4.69) is 4.72 Å². The molecule has 0 spiro atoms. The molecule has 1 aromatic carbocycles. The van der Waals surface area contributed by atoms with E-state index in [-0.39, 0.29) is 4.90 Å². The Hall–Kier alpha value is -1.11. The monoisotopic (exact) mass is 300 g/mol. The summed E-state index contributed by atoms with van der Waals surface area (Å²) in [5, 5.41) is 0. The van der Waals surface area contributed by atoms with Crippen LogP contribution in [0.4, 0.5) is 0 Å². The smallest absolute Gasteiger partial charge is 0.241 e. The van der Waals surface area contributed by atoms with Gasteiger partial charge in [-0.1, -0.05) is 6.92 Å². The summed E-state index contributed by atoms with van der Waals surface area (Å²) < 4.78 is 32.9. The summed E-state index contributed by atoms with van der Waals surface area (Å²) in [6.45, 7) is 6.04. The zero-order valence-electron chi connectivity index (χ0n) is 12.6. The van der Waals surface area contributed by atoms with E-state index in [0.29, 0.717) is 30.7 Å². The summed E-state index contributed by atoms with van der Waals surface area (Å²) in [5.41, 5.74) is 5.75. The van der Waals surface area contributed by atoms with E-state index in [0.717, 1.165) is 0 Å². The van der Waals surface area contributed by atoms with Crippen LogP contribution < -0.4 is 15.2 Å². The van der Waals surface area contributed by atoms with Crippen molar-refractivity contribution >= 4 is 10.0 Å². The minimum absolute atomic E-state index is 0.269. The molecule has 0 aliphatic rings. The zero-order chi connectivity index (χ0) is 15.4. The molecule has 114 valence electrons. The predicted octanol–water partition coefficient (Wildman–Crippen LogP) is 1.66. The number of benzene rings is 1. The topological polar surface area (TPSA) is 81.4 Å². The van der Waals surface area contributed by atoms with Crippen molar-refractivity contribution in [3.63, 3.8) is 0 Å². The van der Waals surface area contributed by atoms with Crippen LogP contribution in [0.25, 0.3) is 0 Å². The van der Waals surface area contributed by atoms with Gasteiger partial charge in [-0.3, -0.25) is 0 Å². The summed E-state index contributed by atoms with van der Waals surface area (Å²) >= 11 is 0. The first kappa shape index (κ1) is 16.9. The van der Waals surface area contributed by atoms with Gasteiger partial charge in [0.15, 0.2) is 0 Å². The van der Waals surface area contributed by atoms with Gasteiger partial charge in [0.05, 0.1) is 12.0 Å². The van der Waals surface area contributed by atoms with Crippen molar-refractivity contribution in [3.8, 4) is 5.75 Å². The maximum absolute atomic E-state index is 12.5. The first-order valence-electron chi connectivity index (χ1n) is 6.66. The Morgan fingerprint density at radius 1 is 1.35 bits per heavy atom. The number of nitrogens with one attached hydrogen (secondary N) is 1. The fourth-order valence-electron chi connectivity index (χ4n) is 1.79. The maximum atomic E-state index is 12.5. The molecule has 0 saturated carbocycles. The fraction of sp³-hybridized carbons (Fsp3) is 0.571. The van der Waals surface area contributed by atoms with Gasteiger partial charge in [-0.15, -0.1) is 0 Å². The van der Waals surface area contributed by atoms with Crippen molar-refractivity contribution in [2.75, 3.05) is 13.7 Å². The number of methoxy groups -OCH3 is 1. The summed E-state index contributed by atoms with van der Waals surface area (Å²) in [4.78, 5) is 0.269. The van der Waals surface area contributed by atoms with Gasteiger partial charge in [-0.2, -0.15) is 0 Å². The highest BCUT2D eigenvalue weighted by atomic mass is 32.2. The summed E-state index contributed by atoms with van der Waals surface area (Å²) in [6.07, 6.45) is 1.19. The number of hydrogen-bond acceptors (Lipinski definition) is 4. The van der Waals surface area contributed by atoms with Gasteiger partial charge in [0, 0.05) is 5.54 Å². The SMILES string of the molecule is CCC(C)(C)NS(=O)(=O)c1ccc(OC)cc1CCN. The summed E-state index contributed by atoms with van der Waals surface area (Å²) in [5.74, 6) is 0.627. The van der Waals surface area contributed by atoms with Crippen LogP contribution >= 0.6 is 0 Å². The second-order valence-corrected chi connectivity index (χ2v) is 7.01. The van der Waals surface area contributed by atoms with Crippen molar-refractivity contribution in [1.82, 2.24) is 4.72 Å². The molecule has 5 nitrogen and oxygen atoms in total. The van der Waals surface area contributed by atoms with Gasteiger partial charge >= 0.3 is 0 Å². The predicted molar refractivity (Wildman–Crippen MR) is 80.4 cm³/mol. The molecule has 0 heterocycles. The number of hydrogen-bond donors (Lipinski definition) is 2. The molecule has 0 aliphatic heterocycles. The molecular weight excluding hydrogens is 276 g/mol. The number of sulfonamides is 1. The van der Waals surface area contributed by atoms with Crippen molar-refractivity contribution < 1.29 is 13.2 Å². The van der Waals surface area contributed by atoms with Gasteiger partial charge in [-0.25, -0.2) is 13.1 Å². The van der Waals surface area contributed by atoms with Crippen molar-refractivity contribution in [2.24, 2.45) is 5.73 Å². The molecule has 3 N–H and O–H groups in total. The average molecular weight is 300 g/mol. The quantitative estimate of drug-likeness (QED) is 0.802. The molecule has 1 rings (SSSR count). The molecule has 0 saturated heterocycles. The first-order chi connectivity index (χ1) is 9.25.